The largest absolute Gasteiger partial charge is 0.486 e. The third kappa shape index (κ3) is 2.13. The van der Waals surface area contributed by atoms with Crippen LogP contribution < -0.4 is 0 Å². The molecule has 3 nitrogen and oxygen atoms in total. The first-order chi connectivity index (χ1) is 5.89. The average molecular weight is 184 g/mol. The van der Waals surface area contributed by atoms with Gasteiger partial charge in [-0.1, -0.05) is 12.1 Å². The third-order valence-electron chi connectivity index (χ3n) is 2.67. The van der Waals surface area contributed by atoms with E-state index < -0.39 is 0 Å². The van der Waals surface area contributed by atoms with Gasteiger partial charge in [0.15, 0.2) is 0 Å². The van der Waals surface area contributed by atoms with E-state index in [0.717, 1.165) is 0 Å². The summed E-state index contributed by atoms with van der Waals surface area (Å²) in [5.41, 5.74) is -0.588. The lowest BCUT2D eigenvalue weighted by molar-refractivity contribution is 0.00578. The van der Waals surface area contributed by atoms with E-state index in [1.54, 1.807) is 12.1 Å². The molecule has 1 N–H and O–H groups in total. The Morgan fingerprint density at radius 2 is 1.62 bits per heavy atom. The summed E-state index contributed by atoms with van der Waals surface area (Å²) in [4.78, 5) is 0. The topological polar surface area (TPSA) is 38.7 Å². The van der Waals surface area contributed by atoms with E-state index in [4.69, 9.17) is 14.4 Å². The number of aliphatic hydroxyl groups is 1. The van der Waals surface area contributed by atoms with E-state index >= 15 is 0 Å². The van der Waals surface area contributed by atoms with Crippen molar-refractivity contribution in [1.82, 2.24) is 0 Å². The van der Waals surface area contributed by atoms with Crippen molar-refractivity contribution in [2.75, 3.05) is 6.61 Å². The fraction of sp³-hybridized carbons (Fsp3) is 0.778. The standard InChI is InChI=1S/C9H17BO3/c1-8(2)9(3,4)13-10(12-8)6-5-7-11/h5-6,11H,7H2,1-4H3. The minimum absolute atomic E-state index is 0.0179. The van der Waals surface area contributed by atoms with Crippen LogP contribution in [0, 0.1) is 0 Å². The van der Waals surface area contributed by atoms with Crippen LogP contribution in [0.1, 0.15) is 27.7 Å². The quantitative estimate of drug-likeness (QED) is 0.654. The lowest BCUT2D eigenvalue weighted by atomic mass is 9.90. The lowest BCUT2D eigenvalue weighted by Gasteiger charge is -2.32. The van der Waals surface area contributed by atoms with Crippen LogP contribution in [0.3, 0.4) is 0 Å². The molecule has 1 saturated heterocycles. The first kappa shape index (κ1) is 10.8. The smallest absolute Gasteiger partial charge is 0.400 e. The van der Waals surface area contributed by atoms with E-state index in [1.165, 1.54) is 0 Å². The molecule has 0 atom stereocenters. The van der Waals surface area contributed by atoms with Crippen molar-refractivity contribution in [1.29, 1.82) is 0 Å². The Kier molecular flexibility index (Phi) is 2.85. The average Bonchev–Trinajstić information content (AvgIpc) is 2.17. The number of aliphatic hydroxyl groups excluding tert-OH is 1. The van der Waals surface area contributed by atoms with Crippen LogP contribution in [0.4, 0.5) is 0 Å². The van der Waals surface area contributed by atoms with Gasteiger partial charge in [-0.15, -0.1) is 0 Å². The molecule has 1 rings (SSSR count). The van der Waals surface area contributed by atoms with Crippen LogP contribution >= 0.6 is 0 Å². The maximum absolute atomic E-state index is 8.59. The highest BCUT2D eigenvalue weighted by atomic mass is 16.7. The minimum atomic E-state index is -0.336. The molecule has 13 heavy (non-hydrogen) atoms. The van der Waals surface area contributed by atoms with E-state index in [2.05, 4.69) is 0 Å². The molecule has 1 aliphatic heterocycles. The zero-order chi connectivity index (χ0) is 10.1. The van der Waals surface area contributed by atoms with Crippen molar-refractivity contribution >= 4 is 7.12 Å². The molecule has 0 aromatic heterocycles. The summed E-state index contributed by atoms with van der Waals surface area (Å²) in [5, 5.41) is 8.59. The van der Waals surface area contributed by atoms with E-state index in [1.807, 2.05) is 27.7 Å². The van der Waals surface area contributed by atoms with Gasteiger partial charge in [-0.05, 0) is 27.7 Å². The monoisotopic (exact) mass is 184 g/mol. The highest BCUT2D eigenvalue weighted by molar-refractivity contribution is 6.51. The molecule has 0 radical (unpaired) electrons. The molecule has 1 fully saturated rings. The predicted octanol–water partition coefficient (Wildman–Crippen LogP) is 1.17. The van der Waals surface area contributed by atoms with Crippen LogP contribution in [-0.4, -0.2) is 30.0 Å². The number of rotatable bonds is 2. The van der Waals surface area contributed by atoms with Gasteiger partial charge in [0.05, 0.1) is 17.8 Å². The summed E-state index contributed by atoms with van der Waals surface area (Å²) in [6.07, 6.45) is 1.63. The van der Waals surface area contributed by atoms with Crippen LogP contribution in [-0.2, 0) is 9.31 Å². The maximum atomic E-state index is 8.59. The molecule has 0 saturated carbocycles. The van der Waals surface area contributed by atoms with Gasteiger partial charge in [-0.3, -0.25) is 0 Å². The summed E-state index contributed by atoms with van der Waals surface area (Å²) in [6, 6.07) is 0. The molecule has 4 heteroatoms. The maximum Gasteiger partial charge on any atom is 0.486 e. The van der Waals surface area contributed by atoms with Gasteiger partial charge in [0.1, 0.15) is 0 Å². The van der Waals surface area contributed by atoms with E-state index in [0.29, 0.717) is 0 Å². The Hall–Kier alpha value is -0.315. The Labute approximate surface area is 79.9 Å². The van der Waals surface area contributed by atoms with Crippen LogP contribution in [0.15, 0.2) is 12.1 Å². The molecule has 0 unspecified atom stereocenters. The van der Waals surface area contributed by atoms with Crippen LogP contribution in [0.25, 0.3) is 0 Å². The van der Waals surface area contributed by atoms with Gasteiger partial charge < -0.3 is 14.4 Å². The van der Waals surface area contributed by atoms with Gasteiger partial charge in [0, 0.05) is 0 Å². The Morgan fingerprint density at radius 1 is 1.15 bits per heavy atom. The molecule has 0 amide bonds. The highest BCUT2D eigenvalue weighted by Crippen LogP contribution is 2.36. The second kappa shape index (κ2) is 3.44. The summed E-state index contributed by atoms with van der Waals surface area (Å²) < 4.78 is 11.3. The summed E-state index contributed by atoms with van der Waals surface area (Å²) in [5.74, 6) is 1.73. The normalized spacial score (nSPS) is 25.8. The van der Waals surface area contributed by atoms with Crippen LogP contribution in [0.5, 0.6) is 0 Å². The van der Waals surface area contributed by atoms with Gasteiger partial charge >= 0.3 is 7.12 Å². The van der Waals surface area contributed by atoms with Crippen molar-refractivity contribution in [3.63, 3.8) is 0 Å². The molecule has 0 aliphatic carbocycles. The van der Waals surface area contributed by atoms with Crippen molar-refractivity contribution in [3.05, 3.63) is 12.1 Å². The van der Waals surface area contributed by atoms with Crippen LogP contribution in [0.2, 0.25) is 0 Å². The molecule has 1 heterocycles. The Bertz CT molecular complexity index is 195. The number of hydrogen-bond donors (Lipinski definition) is 1. The van der Waals surface area contributed by atoms with E-state index in [9.17, 15) is 0 Å². The lowest BCUT2D eigenvalue weighted by Crippen LogP contribution is -2.41. The molecule has 1 aliphatic rings. The van der Waals surface area contributed by atoms with Crippen molar-refractivity contribution in [2.24, 2.45) is 0 Å². The molecule has 0 aromatic rings. The fourth-order valence-electron chi connectivity index (χ4n) is 1.14. The molecule has 0 aromatic carbocycles. The molecule has 0 bridgehead atoms. The highest BCUT2D eigenvalue weighted by Gasteiger charge is 2.49. The molecular weight excluding hydrogens is 167 g/mol. The molecule has 74 valence electrons. The Balaban J connectivity index is 2.65. The van der Waals surface area contributed by atoms with Crippen molar-refractivity contribution < 1.29 is 14.4 Å². The van der Waals surface area contributed by atoms with Crippen molar-refractivity contribution in [3.8, 4) is 0 Å². The van der Waals surface area contributed by atoms with Gasteiger partial charge in [-0.2, -0.15) is 0 Å². The zero-order valence-electron chi connectivity index (χ0n) is 8.70. The summed E-state index contributed by atoms with van der Waals surface area (Å²) in [6.45, 7) is 8.02. The van der Waals surface area contributed by atoms with Crippen molar-refractivity contribution in [2.45, 2.75) is 38.9 Å². The predicted molar refractivity (Wildman–Crippen MR) is 52.3 cm³/mol. The fourth-order valence-corrected chi connectivity index (χ4v) is 1.14. The Morgan fingerprint density at radius 3 is 2.00 bits per heavy atom. The van der Waals surface area contributed by atoms with Gasteiger partial charge in [0.25, 0.3) is 0 Å². The zero-order valence-corrected chi connectivity index (χ0v) is 8.70. The van der Waals surface area contributed by atoms with E-state index in [-0.39, 0.29) is 24.9 Å². The summed E-state index contributed by atoms with van der Waals surface area (Å²) in [7, 11) is -0.336. The van der Waals surface area contributed by atoms with Gasteiger partial charge in [-0.25, -0.2) is 0 Å². The second-order valence-electron chi connectivity index (χ2n) is 4.24. The summed E-state index contributed by atoms with van der Waals surface area (Å²) >= 11 is 0. The minimum Gasteiger partial charge on any atom is -0.400 e. The second-order valence-corrected chi connectivity index (χ2v) is 4.24. The molecular formula is C9H17BO3. The first-order valence-electron chi connectivity index (χ1n) is 4.52. The number of hydrogen-bond acceptors (Lipinski definition) is 3. The molecule has 0 spiro atoms. The van der Waals surface area contributed by atoms with Gasteiger partial charge in [0.2, 0.25) is 0 Å². The SMILES string of the molecule is CC1(C)OB(C=CCO)OC1(C)C. The first-order valence-corrected chi connectivity index (χ1v) is 4.52. The third-order valence-corrected chi connectivity index (χ3v) is 2.67.